The second-order valence-electron chi connectivity index (χ2n) is 15.1. The molecule has 0 aliphatic heterocycles. The smallest absolute Gasteiger partial charge is 0.220 e. The van der Waals surface area contributed by atoms with Crippen LogP contribution in [0, 0.1) is 0 Å². The molecule has 0 aliphatic rings. The summed E-state index contributed by atoms with van der Waals surface area (Å²) in [7, 11) is 0. The Hall–Kier alpha value is -1.13. The molecular weight excluding hydrogens is 602 g/mol. The molecule has 4 heteroatoms. The summed E-state index contributed by atoms with van der Waals surface area (Å²) in [5, 5.41) is 23.0. The van der Waals surface area contributed by atoms with Crippen molar-refractivity contribution in [1.29, 1.82) is 0 Å². The van der Waals surface area contributed by atoms with Gasteiger partial charge < -0.3 is 15.5 Å². The molecule has 0 saturated heterocycles. The van der Waals surface area contributed by atoms with Crippen molar-refractivity contribution in [2.45, 2.75) is 251 Å². The standard InChI is InChI=1S/C45H87NO3/c1-3-5-7-9-11-13-15-17-19-21-22-23-24-25-27-29-31-33-35-37-39-41-45(49)46-43(42-47)44(48)40-38-36-34-32-30-28-26-20-18-16-14-12-10-8-6-4-2/h30,32,38,40,43-44,47-48H,3-29,31,33-37,39,41-42H2,1-2H3,(H,46,49)/b32-30+,40-38+/t43-,44+/m0/s1. The molecule has 0 heterocycles. The van der Waals surface area contributed by atoms with Gasteiger partial charge in [-0.1, -0.05) is 224 Å². The predicted octanol–water partition coefficient (Wildman–Crippen LogP) is 13.6. The van der Waals surface area contributed by atoms with E-state index in [-0.39, 0.29) is 12.5 Å². The van der Waals surface area contributed by atoms with Crippen LogP contribution in [0.3, 0.4) is 0 Å². The Balaban J connectivity index is 3.56. The van der Waals surface area contributed by atoms with Crippen LogP contribution in [0.1, 0.15) is 239 Å². The van der Waals surface area contributed by atoms with Gasteiger partial charge in [0, 0.05) is 6.42 Å². The summed E-state index contributed by atoms with van der Waals surface area (Å²) in [4.78, 5) is 12.4. The highest BCUT2D eigenvalue weighted by atomic mass is 16.3. The highest BCUT2D eigenvalue weighted by molar-refractivity contribution is 5.76. The van der Waals surface area contributed by atoms with Gasteiger partial charge in [-0.15, -0.1) is 0 Å². The molecule has 3 N–H and O–H groups in total. The van der Waals surface area contributed by atoms with Gasteiger partial charge in [-0.05, 0) is 32.1 Å². The number of aliphatic hydroxyl groups is 2. The Kier molecular flexibility index (Phi) is 40.3. The molecule has 290 valence electrons. The molecule has 0 fully saturated rings. The monoisotopic (exact) mass is 690 g/mol. The first-order chi connectivity index (χ1) is 24.2. The van der Waals surface area contributed by atoms with Gasteiger partial charge >= 0.3 is 0 Å². The lowest BCUT2D eigenvalue weighted by Gasteiger charge is -2.19. The molecule has 0 radical (unpaired) electrons. The molecule has 2 atom stereocenters. The number of rotatable bonds is 40. The maximum Gasteiger partial charge on any atom is 0.220 e. The number of unbranched alkanes of at least 4 members (excludes halogenated alkanes) is 31. The van der Waals surface area contributed by atoms with E-state index in [1.165, 1.54) is 186 Å². The van der Waals surface area contributed by atoms with E-state index >= 15 is 0 Å². The van der Waals surface area contributed by atoms with E-state index in [4.69, 9.17) is 0 Å². The summed E-state index contributed by atoms with van der Waals surface area (Å²) < 4.78 is 0. The number of hydrogen-bond donors (Lipinski definition) is 3. The number of carbonyl (C=O) groups excluding carboxylic acids is 1. The fourth-order valence-electron chi connectivity index (χ4n) is 6.78. The van der Waals surface area contributed by atoms with Gasteiger partial charge in [0.2, 0.25) is 5.91 Å². The maximum atomic E-state index is 12.4. The van der Waals surface area contributed by atoms with Crippen LogP contribution in [-0.4, -0.2) is 34.9 Å². The number of aliphatic hydroxyl groups excluding tert-OH is 2. The molecule has 0 aromatic heterocycles. The van der Waals surface area contributed by atoms with Gasteiger partial charge in [-0.3, -0.25) is 4.79 Å². The van der Waals surface area contributed by atoms with Gasteiger partial charge in [0.05, 0.1) is 18.8 Å². The third-order valence-corrected chi connectivity index (χ3v) is 10.2. The highest BCUT2D eigenvalue weighted by Gasteiger charge is 2.17. The quantitative estimate of drug-likeness (QED) is 0.0443. The third-order valence-electron chi connectivity index (χ3n) is 10.2. The number of hydrogen-bond acceptors (Lipinski definition) is 3. The highest BCUT2D eigenvalue weighted by Crippen LogP contribution is 2.16. The van der Waals surface area contributed by atoms with Crippen molar-refractivity contribution in [3.8, 4) is 0 Å². The summed E-state index contributed by atoms with van der Waals surface area (Å²) in [5.41, 5.74) is 0. The van der Waals surface area contributed by atoms with Gasteiger partial charge in [0.25, 0.3) is 0 Å². The van der Waals surface area contributed by atoms with Gasteiger partial charge in [0.1, 0.15) is 0 Å². The topological polar surface area (TPSA) is 69.6 Å². The fourth-order valence-corrected chi connectivity index (χ4v) is 6.78. The Morgan fingerprint density at radius 3 is 1.18 bits per heavy atom. The summed E-state index contributed by atoms with van der Waals surface area (Å²) in [6, 6.07) is -0.634. The molecule has 0 rings (SSSR count). The largest absolute Gasteiger partial charge is 0.394 e. The van der Waals surface area contributed by atoms with Gasteiger partial charge in [-0.25, -0.2) is 0 Å². The molecule has 0 saturated carbocycles. The summed E-state index contributed by atoms with van der Waals surface area (Å²) in [6.45, 7) is 4.31. The van der Waals surface area contributed by atoms with Crippen molar-refractivity contribution in [1.82, 2.24) is 5.32 Å². The molecule has 0 unspecified atom stereocenters. The van der Waals surface area contributed by atoms with Crippen molar-refractivity contribution >= 4 is 5.91 Å². The van der Waals surface area contributed by atoms with Crippen LogP contribution in [-0.2, 0) is 4.79 Å². The van der Waals surface area contributed by atoms with E-state index in [0.29, 0.717) is 6.42 Å². The van der Waals surface area contributed by atoms with E-state index < -0.39 is 12.1 Å². The maximum absolute atomic E-state index is 12.4. The van der Waals surface area contributed by atoms with Crippen molar-refractivity contribution in [2.75, 3.05) is 6.61 Å². The molecule has 4 nitrogen and oxygen atoms in total. The van der Waals surface area contributed by atoms with Crippen molar-refractivity contribution in [3.63, 3.8) is 0 Å². The van der Waals surface area contributed by atoms with Crippen LogP contribution in [0.25, 0.3) is 0 Å². The fraction of sp³-hybridized carbons (Fsp3) is 0.889. The second kappa shape index (κ2) is 41.3. The van der Waals surface area contributed by atoms with Gasteiger partial charge in [0.15, 0.2) is 0 Å². The van der Waals surface area contributed by atoms with Crippen molar-refractivity contribution in [2.24, 2.45) is 0 Å². The predicted molar refractivity (Wildman–Crippen MR) is 216 cm³/mol. The molecule has 0 spiro atoms. The number of carbonyl (C=O) groups is 1. The van der Waals surface area contributed by atoms with Crippen molar-refractivity contribution in [3.05, 3.63) is 24.3 Å². The normalized spacial score (nSPS) is 13.1. The lowest BCUT2D eigenvalue weighted by molar-refractivity contribution is -0.123. The average molecular weight is 690 g/mol. The van der Waals surface area contributed by atoms with E-state index in [0.717, 1.165) is 32.1 Å². The van der Waals surface area contributed by atoms with Gasteiger partial charge in [-0.2, -0.15) is 0 Å². The van der Waals surface area contributed by atoms with Crippen LogP contribution in [0.5, 0.6) is 0 Å². The van der Waals surface area contributed by atoms with E-state index in [9.17, 15) is 15.0 Å². The Bertz CT molecular complexity index is 705. The first-order valence-electron chi connectivity index (χ1n) is 22.1. The lowest BCUT2D eigenvalue weighted by atomic mass is 10.0. The minimum Gasteiger partial charge on any atom is -0.394 e. The van der Waals surface area contributed by atoms with Crippen LogP contribution in [0.2, 0.25) is 0 Å². The first kappa shape index (κ1) is 47.9. The van der Waals surface area contributed by atoms with E-state index in [2.05, 4.69) is 31.3 Å². The Morgan fingerprint density at radius 2 is 0.796 bits per heavy atom. The zero-order chi connectivity index (χ0) is 35.7. The molecule has 0 aromatic carbocycles. The van der Waals surface area contributed by atoms with Crippen LogP contribution < -0.4 is 5.32 Å². The number of allylic oxidation sites excluding steroid dienone is 3. The first-order valence-corrected chi connectivity index (χ1v) is 22.1. The minimum atomic E-state index is -0.857. The van der Waals surface area contributed by atoms with Crippen molar-refractivity contribution < 1.29 is 15.0 Å². The minimum absolute atomic E-state index is 0.0702. The van der Waals surface area contributed by atoms with E-state index in [1.807, 2.05) is 6.08 Å². The summed E-state index contributed by atoms with van der Waals surface area (Å²) in [5.74, 6) is -0.0702. The van der Waals surface area contributed by atoms with Crippen LogP contribution in [0.15, 0.2) is 24.3 Å². The third kappa shape index (κ3) is 37.9. The summed E-state index contributed by atoms with van der Waals surface area (Å²) >= 11 is 0. The Morgan fingerprint density at radius 1 is 0.469 bits per heavy atom. The molecule has 0 bridgehead atoms. The number of nitrogens with one attached hydrogen (secondary N) is 1. The summed E-state index contributed by atoms with van der Waals surface area (Å²) in [6.07, 6.45) is 52.9. The molecule has 1 amide bonds. The van der Waals surface area contributed by atoms with Crippen LogP contribution in [0.4, 0.5) is 0 Å². The van der Waals surface area contributed by atoms with E-state index in [1.54, 1.807) is 6.08 Å². The molecule has 49 heavy (non-hydrogen) atoms. The molecule has 0 aromatic rings. The molecular formula is C45H87NO3. The Labute approximate surface area is 307 Å². The lowest BCUT2D eigenvalue weighted by Crippen LogP contribution is -2.45. The number of amides is 1. The zero-order valence-corrected chi connectivity index (χ0v) is 33.2. The molecule has 0 aliphatic carbocycles. The average Bonchev–Trinajstić information content (AvgIpc) is 3.10. The van der Waals surface area contributed by atoms with Crippen LogP contribution >= 0.6 is 0 Å². The second-order valence-corrected chi connectivity index (χ2v) is 15.1. The SMILES string of the molecule is CCCCCCCCCCCC/C=C/CC/C=C/[C@@H](O)[C@H](CO)NC(=O)CCCCCCCCCCCCCCCCCCCCCCC. The zero-order valence-electron chi connectivity index (χ0n) is 33.2.